The highest BCUT2D eigenvalue weighted by atomic mass is 79.9. The predicted molar refractivity (Wildman–Crippen MR) is 85.6 cm³/mol. The number of anilines is 1. The molecule has 22 heavy (non-hydrogen) atoms. The van der Waals surface area contributed by atoms with Crippen LogP contribution < -0.4 is 10.4 Å². The van der Waals surface area contributed by atoms with Gasteiger partial charge in [0.1, 0.15) is 11.3 Å². The van der Waals surface area contributed by atoms with Crippen LogP contribution >= 0.6 is 15.9 Å². The second kappa shape index (κ2) is 6.03. The van der Waals surface area contributed by atoms with Gasteiger partial charge < -0.3 is 4.42 Å². The Morgan fingerprint density at radius 1 is 1.14 bits per heavy atom. The summed E-state index contributed by atoms with van der Waals surface area (Å²) in [5, 5.41) is 1.22. The molecule has 0 atom stereocenters. The van der Waals surface area contributed by atoms with E-state index in [9.17, 15) is 9.59 Å². The smallest absolute Gasteiger partial charge is 0.282 e. The van der Waals surface area contributed by atoms with Crippen molar-refractivity contribution in [1.82, 2.24) is 5.43 Å². The van der Waals surface area contributed by atoms with Crippen molar-refractivity contribution in [2.24, 2.45) is 0 Å². The number of benzene rings is 1. The summed E-state index contributed by atoms with van der Waals surface area (Å²) < 4.78 is 6.03. The van der Waals surface area contributed by atoms with Crippen molar-refractivity contribution >= 4 is 39.5 Å². The van der Waals surface area contributed by atoms with E-state index in [1.807, 2.05) is 0 Å². The fraction of sp³-hybridized carbons (Fsp3) is 0. The van der Waals surface area contributed by atoms with E-state index < -0.39 is 11.8 Å². The molecule has 0 radical (unpaired) electrons. The molecular formula is C16H11BrN2O3. The van der Waals surface area contributed by atoms with Crippen LogP contribution in [-0.2, 0) is 9.59 Å². The Kier molecular flexibility index (Phi) is 3.93. The molecule has 1 saturated heterocycles. The van der Waals surface area contributed by atoms with Gasteiger partial charge in [-0.15, -0.1) is 0 Å². The first-order valence-corrected chi connectivity index (χ1v) is 7.27. The fourth-order valence-electron chi connectivity index (χ4n) is 1.97. The standard InChI is InChI=1S/C16H11BrN2O3/c17-11-6-8-12(9-7-11)19-16(21)14(15(20)18-19)5-1-3-13-4-2-10-22-13/h1-10H,(H,18,20)/b3-1-,14-5+. The van der Waals surface area contributed by atoms with Crippen LogP contribution in [-0.4, -0.2) is 11.8 Å². The largest absolute Gasteiger partial charge is 0.465 e. The number of furan rings is 1. The van der Waals surface area contributed by atoms with Crippen LogP contribution in [0.15, 0.2) is 69.3 Å². The Morgan fingerprint density at radius 2 is 1.91 bits per heavy atom. The van der Waals surface area contributed by atoms with Crippen LogP contribution in [0.3, 0.4) is 0 Å². The maximum Gasteiger partial charge on any atom is 0.282 e. The zero-order valence-electron chi connectivity index (χ0n) is 11.3. The molecule has 0 unspecified atom stereocenters. The molecule has 3 rings (SSSR count). The van der Waals surface area contributed by atoms with Crippen LogP contribution in [0.5, 0.6) is 0 Å². The van der Waals surface area contributed by atoms with Gasteiger partial charge in [0, 0.05) is 4.47 Å². The second-order valence-electron chi connectivity index (χ2n) is 4.51. The first-order valence-electron chi connectivity index (χ1n) is 6.48. The van der Waals surface area contributed by atoms with E-state index >= 15 is 0 Å². The quantitative estimate of drug-likeness (QED) is 0.677. The summed E-state index contributed by atoms with van der Waals surface area (Å²) in [4.78, 5) is 24.2. The van der Waals surface area contributed by atoms with Crippen LogP contribution in [0.25, 0.3) is 6.08 Å². The molecule has 0 aliphatic carbocycles. The Labute approximate surface area is 135 Å². The van der Waals surface area contributed by atoms with Gasteiger partial charge in [-0.2, -0.15) is 0 Å². The van der Waals surface area contributed by atoms with E-state index in [0.29, 0.717) is 11.4 Å². The number of nitrogens with zero attached hydrogens (tertiary/aromatic N) is 1. The van der Waals surface area contributed by atoms with Crippen molar-refractivity contribution in [3.63, 3.8) is 0 Å². The molecular weight excluding hydrogens is 348 g/mol. The SMILES string of the molecule is O=C1NN(c2ccc(Br)cc2)C(=O)/C1=C/C=C\c1ccco1. The minimum atomic E-state index is -0.433. The number of nitrogens with one attached hydrogen (secondary N) is 1. The summed E-state index contributed by atoms with van der Waals surface area (Å²) in [5.74, 6) is -0.180. The van der Waals surface area contributed by atoms with E-state index in [1.54, 1.807) is 54.8 Å². The monoisotopic (exact) mass is 358 g/mol. The molecule has 5 nitrogen and oxygen atoms in total. The number of amides is 2. The normalized spacial score (nSPS) is 16.8. The molecule has 0 saturated carbocycles. The van der Waals surface area contributed by atoms with Gasteiger partial charge in [0.15, 0.2) is 0 Å². The van der Waals surface area contributed by atoms with Gasteiger partial charge in [-0.25, -0.2) is 5.01 Å². The Morgan fingerprint density at radius 3 is 2.59 bits per heavy atom. The van der Waals surface area contributed by atoms with Crippen molar-refractivity contribution in [3.05, 3.63) is 70.6 Å². The van der Waals surface area contributed by atoms with Crippen molar-refractivity contribution in [1.29, 1.82) is 0 Å². The number of hydrogen-bond donors (Lipinski definition) is 1. The number of hydrogen-bond acceptors (Lipinski definition) is 3. The van der Waals surface area contributed by atoms with E-state index in [2.05, 4.69) is 21.4 Å². The molecule has 1 aromatic heterocycles. The third-order valence-corrected chi connectivity index (χ3v) is 3.57. The van der Waals surface area contributed by atoms with Crippen molar-refractivity contribution < 1.29 is 14.0 Å². The average molecular weight is 359 g/mol. The molecule has 1 aliphatic heterocycles. The number of rotatable bonds is 3. The highest BCUT2D eigenvalue weighted by Gasteiger charge is 2.33. The summed E-state index contributed by atoms with van der Waals surface area (Å²) in [6, 6.07) is 10.6. The van der Waals surface area contributed by atoms with Gasteiger partial charge in [-0.3, -0.25) is 15.0 Å². The van der Waals surface area contributed by atoms with Gasteiger partial charge in [-0.05, 0) is 48.6 Å². The van der Waals surface area contributed by atoms with E-state index in [1.165, 1.54) is 11.1 Å². The van der Waals surface area contributed by atoms with E-state index in [4.69, 9.17) is 4.42 Å². The maximum atomic E-state index is 12.3. The van der Waals surface area contributed by atoms with Gasteiger partial charge in [0.25, 0.3) is 11.8 Å². The Hall–Kier alpha value is -2.60. The molecule has 1 fully saturated rings. The molecule has 1 aromatic carbocycles. The first kappa shape index (κ1) is 14.3. The maximum absolute atomic E-state index is 12.3. The van der Waals surface area contributed by atoms with Crippen molar-refractivity contribution in [2.75, 3.05) is 5.01 Å². The highest BCUT2D eigenvalue weighted by molar-refractivity contribution is 9.10. The van der Waals surface area contributed by atoms with Gasteiger partial charge in [-0.1, -0.05) is 22.0 Å². The molecule has 110 valence electrons. The first-order chi connectivity index (χ1) is 10.6. The lowest BCUT2D eigenvalue weighted by molar-refractivity contribution is -0.117. The predicted octanol–water partition coefficient (Wildman–Crippen LogP) is 3.06. The summed E-state index contributed by atoms with van der Waals surface area (Å²) in [6.07, 6.45) is 6.31. The van der Waals surface area contributed by atoms with Gasteiger partial charge in [0.05, 0.1) is 12.0 Å². The third-order valence-electron chi connectivity index (χ3n) is 3.04. The molecule has 2 amide bonds. The number of carbonyl (C=O) groups is 2. The second-order valence-corrected chi connectivity index (χ2v) is 5.43. The van der Waals surface area contributed by atoms with Crippen LogP contribution in [0, 0.1) is 0 Å². The average Bonchev–Trinajstić information content (AvgIpc) is 3.11. The highest BCUT2D eigenvalue weighted by Crippen LogP contribution is 2.22. The third kappa shape index (κ3) is 2.87. The lowest BCUT2D eigenvalue weighted by Crippen LogP contribution is -2.35. The number of carbonyl (C=O) groups excluding carboxylic acids is 2. The summed E-state index contributed by atoms with van der Waals surface area (Å²) in [7, 11) is 0. The van der Waals surface area contributed by atoms with Gasteiger partial charge in [0.2, 0.25) is 0 Å². The Bertz CT molecular complexity index is 761. The summed E-state index contributed by atoms with van der Waals surface area (Å²) in [6.45, 7) is 0. The molecule has 2 heterocycles. The molecule has 6 heteroatoms. The van der Waals surface area contributed by atoms with Crippen LogP contribution in [0.2, 0.25) is 0 Å². The van der Waals surface area contributed by atoms with E-state index in [0.717, 1.165) is 4.47 Å². The number of halogens is 1. The lowest BCUT2D eigenvalue weighted by Gasteiger charge is -2.14. The van der Waals surface area contributed by atoms with Crippen molar-refractivity contribution in [2.45, 2.75) is 0 Å². The minimum absolute atomic E-state index is 0.0747. The zero-order chi connectivity index (χ0) is 15.5. The van der Waals surface area contributed by atoms with Crippen molar-refractivity contribution in [3.8, 4) is 0 Å². The minimum Gasteiger partial charge on any atom is -0.465 e. The van der Waals surface area contributed by atoms with Gasteiger partial charge >= 0.3 is 0 Å². The molecule has 2 aromatic rings. The molecule has 0 spiro atoms. The lowest BCUT2D eigenvalue weighted by atomic mass is 10.2. The molecule has 1 N–H and O–H groups in total. The Balaban J connectivity index is 1.80. The number of allylic oxidation sites excluding steroid dienone is 2. The van der Waals surface area contributed by atoms with E-state index in [-0.39, 0.29) is 5.57 Å². The summed E-state index contributed by atoms with van der Waals surface area (Å²) in [5.41, 5.74) is 3.21. The van der Waals surface area contributed by atoms with Crippen LogP contribution in [0.4, 0.5) is 5.69 Å². The molecule has 1 aliphatic rings. The summed E-state index contributed by atoms with van der Waals surface area (Å²) >= 11 is 3.33. The number of hydrazine groups is 1. The zero-order valence-corrected chi connectivity index (χ0v) is 12.9. The van der Waals surface area contributed by atoms with Crippen LogP contribution in [0.1, 0.15) is 5.76 Å². The molecule has 0 bridgehead atoms. The topological polar surface area (TPSA) is 62.6 Å². The fourth-order valence-corrected chi connectivity index (χ4v) is 2.24.